The molecule has 1 rings (SSSR count). The van der Waals surface area contributed by atoms with E-state index in [2.05, 4.69) is 5.92 Å². The van der Waals surface area contributed by atoms with Crippen molar-refractivity contribution in [3.63, 3.8) is 0 Å². The average molecular weight is 158 g/mol. The smallest absolute Gasteiger partial charge is 0.184 e. The van der Waals surface area contributed by atoms with Crippen LogP contribution < -0.4 is 0 Å². The Kier molecular flexibility index (Phi) is 2.47. The molecule has 11 heavy (non-hydrogen) atoms. The van der Waals surface area contributed by atoms with E-state index in [4.69, 9.17) is 26.5 Å². The summed E-state index contributed by atoms with van der Waals surface area (Å²) in [5, 5.41) is 27.0. The third kappa shape index (κ3) is 1.70. The number of ether oxygens (including phenoxy) is 1. The van der Waals surface area contributed by atoms with Crippen molar-refractivity contribution in [1.29, 1.82) is 0 Å². The van der Waals surface area contributed by atoms with Crippen LogP contribution in [0.5, 0.6) is 0 Å². The zero-order chi connectivity index (χ0) is 8.43. The van der Waals surface area contributed by atoms with Gasteiger partial charge in [0.05, 0.1) is 6.10 Å². The van der Waals surface area contributed by atoms with E-state index in [-0.39, 0.29) is 6.42 Å². The first-order valence-corrected chi connectivity index (χ1v) is 3.31. The van der Waals surface area contributed by atoms with Crippen LogP contribution in [0.15, 0.2) is 0 Å². The fourth-order valence-corrected chi connectivity index (χ4v) is 0.960. The van der Waals surface area contributed by atoms with Gasteiger partial charge >= 0.3 is 0 Å². The van der Waals surface area contributed by atoms with E-state index < -0.39 is 24.6 Å². The van der Waals surface area contributed by atoms with Crippen LogP contribution in [0, 0.1) is 12.3 Å². The highest BCUT2D eigenvalue weighted by Gasteiger charge is 2.34. The topological polar surface area (TPSA) is 69.9 Å². The second-order valence-electron chi connectivity index (χ2n) is 2.48. The normalized spacial score (nSPS) is 44.9. The van der Waals surface area contributed by atoms with Gasteiger partial charge in [0.1, 0.15) is 12.2 Å². The van der Waals surface area contributed by atoms with E-state index in [1.165, 1.54) is 0 Å². The molecule has 0 amide bonds. The van der Waals surface area contributed by atoms with Crippen LogP contribution >= 0.6 is 0 Å². The maximum absolute atomic E-state index is 9.06. The number of hydrogen-bond donors (Lipinski definition) is 3. The third-order valence-electron chi connectivity index (χ3n) is 1.63. The molecular formula is C7H10O4. The largest absolute Gasteiger partial charge is 0.390 e. The quantitative estimate of drug-likeness (QED) is 0.373. The summed E-state index contributed by atoms with van der Waals surface area (Å²) in [5.41, 5.74) is 0. The van der Waals surface area contributed by atoms with E-state index in [1.807, 2.05) is 0 Å². The molecule has 4 heteroatoms. The van der Waals surface area contributed by atoms with Gasteiger partial charge in [0, 0.05) is 6.42 Å². The number of aliphatic hydroxyl groups is 3. The Hall–Kier alpha value is -0.600. The average Bonchev–Trinajstić information content (AvgIpc) is 1.99. The second kappa shape index (κ2) is 3.20. The Morgan fingerprint density at radius 2 is 2.00 bits per heavy atom. The molecule has 0 saturated carbocycles. The fourth-order valence-electron chi connectivity index (χ4n) is 0.960. The standard InChI is InChI=1S/C7H10O4/c1-2-4-3-5(8)6(9)7(10)11-4/h1,4-10H,3H2. The molecule has 0 aromatic carbocycles. The van der Waals surface area contributed by atoms with Crippen molar-refractivity contribution >= 4 is 0 Å². The molecule has 0 bridgehead atoms. The highest BCUT2D eigenvalue weighted by Crippen LogP contribution is 2.17. The van der Waals surface area contributed by atoms with Crippen LogP contribution in [0.2, 0.25) is 0 Å². The minimum absolute atomic E-state index is 0.161. The van der Waals surface area contributed by atoms with Crippen molar-refractivity contribution in [2.45, 2.75) is 31.0 Å². The van der Waals surface area contributed by atoms with Crippen molar-refractivity contribution in [2.75, 3.05) is 0 Å². The van der Waals surface area contributed by atoms with E-state index in [9.17, 15) is 0 Å². The maximum atomic E-state index is 9.06. The molecule has 62 valence electrons. The Balaban J connectivity index is 2.56. The number of terminal acetylenes is 1. The van der Waals surface area contributed by atoms with E-state index in [0.717, 1.165) is 0 Å². The summed E-state index contributed by atoms with van der Waals surface area (Å²) in [6.07, 6.45) is 0.922. The predicted molar refractivity (Wildman–Crippen MR) is 36.3 cm³/mol. The lowest BCUT2D eigenvalue weighted by molar-refractivity contribution is -0.235. The van der Waals surface area contributed by atoms with Gasteiger partial charge < -0.3 is 20.1 Å². The molecular weight excluding hydrogens is 148 g/mol. The third-order valence-corrected chi connectivity index (χ3v) is 1.63. The molecule has 0 radical (unpaired) electrons. The molecule has 0 aromatic heterocycles. The molecule has 0 aliphatic carbocycles. The Morgan fingerprint density at radius 1 is 1.36 bits per heavy atom. The van der Waals surface area contributed by atoms with Crippen molar-refractivity contribution in [3.8, 4) is 12.3 Å². The molecule has 1 aliphatic rings. The first-order valence-electron chi connectivity index (χ1n) is 3.31. The second-order valence-corrected chi connectivity index (χ2v) is 2.48. The molecule has 1 saturated heterocycles. The van der Waals surface area contributed by atoms with Gasteiger partial charge in [-0.15, -0.1) is 6.42 Å². The summed E-state index contributed by atoms with van der Waals surface area (Å²) in [4.78, 5) is 0. The highest BCUT2D eigenvalue weighted by molar-refractivity contribution is 4.99. The molecule has 4 unspecified atom stereocenters. The van der Waals surface area contributed by atoms with Crippen LogP contribution in [0.4, 0.5) is 0 Å². The predicted octanol–water partition coefficient (Wildman–Crippen LogP) is -1.55. The zero-order valence-electron chi connectivity index (χ0n) is 5.84. The van der Waals surface area contributed by atoms with Crippen LogP contribution in [0.1, 0.15) is 6.42 Å². The van der Waals surface area contributed by atoms with E-state index in [0.29, 0.717) is 0 Å². The lowest BCUT2D eigenvalue weighted by atomic mass is 10.0. The SMILES string of the molecule is C#CC1CC(O)C(O)C(O)O1. The minimum Gasteiger partial charge on any atom is -0.390 e. The summed E-state index contributed by atoms with van der Waals surface area (Å²) in [6, 6.07) is 0. The van der Waals surface area contributed by atoms with Gasteiger partial charge in [0.25, 0.3) is 0 Å². The van der Waals surface area contributed by atoms with E-state index in [1.54, 1.807) is 0 Å². The van der Waals surface area contributed by atoms with Gasteiger partial charge in [-0.1, -0.05) is 5.92 Å². The van der Waals surface area contributed by atoms with Crippen LogP contribution in [0.25, 0.3) is 0 Å². The van der Waals surface area contributed by atoms with Gasteiger partial charge in [0.15, 0.2) is 6.29 Å². The van der Waals surface area contributed by atoms with Crippen molar-refractivity contribution < 1.29 is 20.1 Å². The summed E-state index contributed by atoms with van der Waals surface area (Å²) < 4.78 is 4.73. The first-order chi connectivity index (χ1) is 5.15. The summed E-state index contributed by atoms with van der Waals surface area (Å²) in [5.74, 6) is 2.23. The molecule has 4 nitrogen and oxygen atoms in total. The molecule has 3 N–H and O–H groups in total. The number of rotatable bonds is 0. The van der Waals surface area contributed by atoms with Gasteiger partial charge in [-0.3, -0.25) is 0 Å². The lowest BCUT2D eigenvalue weighted by Gasteiger charge is -2.31. The van der Waals surface area contributed by atoms with Gasteiger partial charge in [-0.25, -0.2) is 0 Å². The fraction of sp³-hybridized carbons (Fsp3) is 0.714. The van der Waals surface area contributed by atoms with Gasteiger partial charge in [0.2, 0.25) is 0 Å². The van der Waals surface area contributed by atoms with Crippen molar-refractivity contribution in [1.82, 2.24) is 0 Å². The van der Waals surface area contributed by atoms with E-state index >= 15 is 0 Å². The van der Waals surface area contributed by atoms with Gasteiger partial charge in [-0.05, 0) is 0 Å². The van der Waals surface area contributed by atoms with Gasteiger partial charge in [-0.2, -0.15) is 0 Å². The highest BCUT2D eigenvalue weighted by atomic mass is 16.6. The van der Waals surface area contributed by atoms with Crippen LogP contribution in [-0.4, -0.2) is 39.9 Å². The molecule has 4 atom stereocenters. The molecule has 1 aliphatic heterocycles. The summed E-state index contributed by atoms with van der Waals surface area (Å²) in [7, 11) is 0. The van der Waals surface area contributed by atoms with Crippen molar-refractivity contribution in [3.05, 3.63) is 0 Å². The number of hydrogen-bond acceptors (Lipinski definition) is 4. The first kappa shape index (κ1) is 8.50. The summed E-state index contributed by atoms with van der Waals surface area (Å²) in [6.45, 7) is 0. The van der Waals surface area contributed by atoms with Crippen LogP contribution in [0.3, 0.4) is 0 Å². The van der Waals surface area contributed by atoms with Crippen LogP contribution in [-0.2, 0) is 4.74 Å². The summed E-state index contributed by atoms with van der Waals surface area (Å²) >= 11 is 0. The Bertz CT molecular complexity index is 162. The van der Waals surface area contributed by atoms with Crippen molar-refractivity contribution in [2.24, 2.45) is 0 Å². The monoisotopic (exact) mass is 158 g/mol. The molecule has 1 heterocycles. The number of aliphatic hydroxyl groups excluding tert-OH is 3. The maximum Gasteiger partial charge on any atom is 0.184 e. The molecule has 0 spiro atoms. The lowest BCUT2D eigenvalue weighted by Crippen LogP contribution is -2.47. The minimum atomic E-state index is -1.38. The zero-order valence-corrected chi connectivity index (χ0v) is 5.84. The molecule has 1 fully saturated rings. The Labute approximate surface area is 64.4 Å². The molecule has 0 aromatic rings. The Morgan fingerprint density at radius 3 is 2.45 bits per heavy atom.